The van der Waals surface area contributed by atoms with Gasteiger partial charge in [-0.25, -0.2) is 0 Å². The third kappa shape index (κ3) is 2.83. The molecule has 0 radical (unpaired) electrons. The molecule has 0 aromatic carbocycles. The number of nitrogens with zero attached hydrogens (tertiary/aromatic N) is 2. The molecule has 1 atom stereocenters. The molecule has 1 aliphatic rings. The van der Waals surface area contributed by atoms with Gasteiger partial charge in [0, 0.05) is 41.9 Å². The average Bonchev–Trinajstić information content (AvgIpc) is 3.23. The number of hydrogen-bond acceptors (Lipinski definition) is 3. The number of aromatic nitrogens is 1. The molecule has 5 heteroatoms. The fraction of sp³-hybridized carbons (Fsp3) is 0.471. The van der Waals surface area contributed by atoms with E-state index in [2.05, 4.69) is 29.0 Å². The predicted octanol–water partition coefficient (Wildman–Crippen LogP) is 2.67. The molecule has 3 heterocycles. The maximum atomic E-state index is 12.7. The second kappa shape index (κ2) is 6.26. The second-order valence-corrected chi connectivity index (χ2v) is 7.07. The molecule has 0 saturated carbocycles. The Morgan fingerprint density at radius 3 is 2.91 bits per heavy atom. The molecule has 3 rings (SSSR count). The Bertz CT molecular complexity index is 661. The first-order valence-electron chi connectivity index (χ1n) is 7.69. The van der Waals surface area contributed by atoms with Crippen molar-refractivity contribution in [1.29, 1.82) is 0 Å². The van der Waals surface area contributed by atoms with Gasteiger partial charge in [0.1, 0.15) is 0 Å². The van der Waals surface area contributed by atoms with Gasteiger partial charge in [-0.3, -0.25) is 4.79 Å². The number of rotatable bonds is 4. The summed E-state index contributed by atoms with van der Waals surface area (Å²) < 4.78 is 2.21. The van der Waals surface area contributed by atoms with Crippen molar-refractivity contribution in [2.24, 2.45) is 5.92 Å². The number of thiophene rings is 1. The van der Waals surface area contributed by atoms with E-state index in [1.165, 1.54) is 4.88 Å². The van der Waals surface area contributed by atoms with Crippen LogP contribution >= 0.6 is 11.3 Å². The third-order valence-corrected chi connectivity index (χ3v) is 5.39. The molecule has 2 aromatic heterocycles. The molecule has 2 aromatic rings. The van der Waals surface area contributed by atoms with E-state index in [4.69, 9.17) is 0 Å². The van der Waals surface area contributed by atoms with Crippen molar-refractivity contribution < 1.29 is 9.90 Å². The van der Waals surface area contributed by atoms with Gasteiger partial charge in [0.2, 0.25) is 0 Å². The molecule has 22 heavy (non-hydrogen) atoms. The number of aliphatic hydroxyl groups excluding tert-OH is 1. The summed E-state index contributed by atoms with van der Waals surface area (Å²) in [4.78, 5) is 15.9. The zero-order valence-corrected chi connectivity index (χ0v) is 13.9. The quantitative estimate of drug-likeness (QED) is 0.942. The molecule has 1 N–H and O–H groups in total. The van der Waals surface area contributed by atoms with Crippen LogP contribution in [0.2, 0.25) is 0 Å². The Balaban J connectivity index is 1.81. The molecule has 1 unspecified atom stereocenters. The number of aryl methyl sites for hydroxylation is 1. The number of hydrogen-bond donors (Lipinski definition) is 1. The van der Waals surface area contributed by atoms with Crippen LogP contribution in [0.1, 0.15) is 33.0 Å². The number of aliphatic hydroxyl groups is 1. The lowest BCUT2D eigenvalue weighted by Crippen LogP contribution is -2.29. The van der Waals surface area contributed by atoms with Crippen LogP contribution in [0.5, 0.6) is 0 Å². The van der Waals surface area contributed by atoms with E-state index in [1.807, 2.05) is 17.9 Å². The highest BCUT2D eigenvalue weighted by molar-refractivity contribution is 7.09. The van der Waals surface area contributed by atoms with Crippen LogP contribution in [0.25, 0.3) is 0 Å². The maximum absolute atomic E-state index is 12.7. The largest absolute Gasteiger partial charge is 0.396 e. The highest BCUT2D eigenvalue weighted by atomic mass is 32.1. The lowest BCUT2D eigenvalue weighted by atomic mass is 10.1. The third-order valence-electron chi connectivity index (χ3n) is 4.53. The first kappa shape index (κ1) is 15.3. The molecule has 0 spiro atoms. The Labute approximate surface area is 135 Å². The van der Waals surface area contributed by atoms with Gasteiger partial charge < -0.3 is 14.6 Å². The summed E-state index contributed by atoms with van der Waals surface area (Å²) >= 11 is 1.74. The highest BCUT2D eigenvalue weighted by Gasteiger charge is 2.28. The summed E-state index contributed by atoms with van der Waals surface area (Å²) in [6, 6.07) is 6.17. The molecule has 0 bridgehead atoms. The highest BCUT2D eigenvalue weighted by Crippen LogP contribution is 2.23. The van der Waals surface area contributed by atoms with E-state index in [1.54, 1.807) is 11.3 Å². The van der Waals surface area contributed by atoms with Crippen LogP contribution in [0, 0.1) is 19.8 Å². The van der Waals surface area contributed by atoms with Crippen LogP contribution in [0.15, 0.2) is 23.6 Å². The Hall–Kier alpha value is -1.59. The van der Waals surface area contributed by atoms with Gasteiger partial charge in [-0.2, -0.15) is 0 Å². The van der Waals surface area contributed by atoms with Crippen molar-refractivity contribution >= 4 is 17.2 Å². The Morgan fingerprint density at radius 2 is 2.27 bits per heavy atom. The van der Waals surface area contributed by atoms with E-state index in [9.17, 15) is 9.90 Å². The van der Waals surface area contributed by atoms with E-state index >= 15 is 0 Å². The zero-order chi connectivity index (χ0) is 15.7. The smallest absolute Gasteiger partial charge is 0.255 e. The predicted molar refractivity (Wildman–Crippen MR) is 88.4 cm³/mol. The minimum absolute atomic E-state index is 0.0986. The van der Waals surface area contributed by atoms with Gasteiger partial charge in [-0.15, -0.1) is 11.3 Å². The molecular weight excluding hydrogens is 296 g/mol. The minimum atomic E-state index is 0.0986. The van der Waals surface area contributed by atoms with Gasteiger partial charge in [-0.1, -0.05) is 6.07 Å². The van der Waals surface area contributed by atoms with Crippen molar-refractivity contribution in [2.45, 2.75) is 26.8 Å². The van der Waals surface area contributed by atoms with E-state index in [0.717, 1.165) is 36.5 Å². The molecular formula is C17H22N2O2S. The van der Waals surface area contributed by atoms with Gasteiger partial charge >= 0.3 is 0 Å². The molecule has 1 aliphatic heterocycles. The summed E-state index contributed by atoms with van der Waals surface area (Å²) in [5, 5.41) is 11.3. The van der Waals surface area contributed by atoms with Gasteiger partial charge in [0.25, 0.3) is 5.91 Å². The number of carbonyl (C=O) groups excluding carboxylic acids is 1. The van der Waals surface area contributed by atoms with E-state index in [-0.39, 0.29) is 18.4 Å². The minimum Gasteiger partial charge on any atom is -0.396 e. The molecule has 1 saturated heterocycles. The fourth-order valence-electron chi connectivity index (χ4n) is 3.16. The molecule has 1 fully saturated rings. The SMILES string of the molecule is Cc1cc(C(=O)N2CCC(CO)C2)c(C)n1Cc1cccs1. The van der Waals surface area contributed by atoms with Crippen LogP contribution in [-0.2, 0) is 6.54 Å². The number of carbonyl (C=O) groups is 1. The monoisotopic (exact) mass is 318 g/mol. The van der Waals surface area contributed by atoms with E-state index < -0.39 is 0 Å². The number of likely N-dealkylation sites (tertiary alicyclic amines) is 1. The summed E-state index contributed by atoms with van der Waals surface area (Å²) in [5.74, 6) is 0.333. The van der Waals surface area contributed by atoms with Gasteiger partial charge in [0.05, 0.1) is 12.1 Å². The first-order valence-corrected chi connectivity index (χ1v) is 8.57. The Morgan fingerprint density at radius 1 is 1.45 bits per heavy atom. The Kier molecular flexibility index (Phi) is 4.36. The van der Waals surface area contributed by atoms with Crippen molar-refractivity contribution in [3.8, 4) is 0 Å². The van der Waals surface area contributed by atoms with Crippen LogP contribution < -0.4 is 0 Å². The summed E-state index contributed by atoms with van der Waals surface area (Å²) in [6.45, 7) is 6.48. The fourth-order valence-corrected chi connectivity index (χ4v) is 3.85. The van der Waals surface area contributed by atoms with Gasteiger partial charge in [0.15, 0.2) is 0 Å². The normalized spacial score (nSPS) is 18.1. The zero-order valence-electron chi connectivity index (χ0n) is 13.1. The van der Waals surface area contributed by atoms with Crippen LogP contribution in [0.4, 0.5) is 0 Å². The van der Waals surface area contributed by atoms with E-state index in [0.29, 0.717) is 6.54 Å². The molecule has 0 aliphatic carbocycles. The van der Waals surface area contributed by atoms with Crippen molar-refractivity contribution in [1.82, 2.24) is 9.47 Å². The van der Waals surface area contributed by atoms with Crippen molar-refractivity contribution in [3.63, 3.8) is 0 Å². The van der Waals surface area contributed by atoms with Crippen LogP contribution in [-0.4, -0.2) is 40.2 Å². The lowest BCUT2D eigenvalue weighted by molar-refractivity contribution is 0.0781. The first-order chi connectivity index (χ1) is 10.6. The molecule has 4 nitrogen and oxygen atoms in total. The number of amides is 1. The lowest BCUT2D eigenvalue weighted by Gasteiger charge is -2.16. The molecule has 118 valence electrons. The van der Waals surface area contributed by atoms with Gasteiger partial charge in [-0.05, 0) is 37.8 Å². The average molecular weight is 318 g/mol. The van der Waals surface area contributed by atoms with Crippen molar-refractivity contribution in [2.75, 3.05) is 19.7 Å². The topological polar surface area (TPSA) is 45.5 Å². The maximum Gasteiger partial charge on any atom is 0.255 e. The summed E-state index contributed by atoms with van der Waals surface area (Å²) in [7, 11) is 0. The summed E-state index contributed by atoms with van der Waals surface area (Å²) in [5.41, 5.74) is 2.95. The van der Waals surface area contributed by atoms with Crippen LogP contribution in [0.3, 0.4) is 0 Å². The second-order valence-electron chi connectivity index (χ2n) is 6.04. The summed E-state index contributed by atoms with van der Waals surface area (Å²) in [6.07, 6.45) is 0.899. The standard InChI is InChI=1S/C17H22N2O2S/c1-12-8-16(17(21)18-6-5-14(9-18)11-20)13(2)19(12)10-15-4-3-7-22-15/h3-4,7-8,14,20H,5-6,9-11H2,1-2H3. The van der Waals surface area contributed by atoms with Crippen molar-refractivity contribution in [3.05, 3.63) is 45.4 Å². The molecule has 1 amide bonds.